The minimum atomic E-state index is -0.883. The Morgan fingerprint density at radius 3 is 3.18 bits per heavy atom. The average Bonchev–Trinajstić information content (AvgIpc) is 2.72. The molecule has 1 N–H and O–H groups in total. The van der Waals surface area contributed by atoms with Gasteiger partial charge in [-0.2, -0.15) is 0 Å². The molecule has 1 aromatic heterocycles. The van der Waals surface area contributed by atoms with Gasteiger partial charge in [-0.15, -0.1) is 0 Å². The molecule has 1 aliphatic rings. The Balaban J connectivity index is 1.83. The molecule has 0 aliphatic carbocycles. The fraction of sp³-hybridized carbons (Fsp3) is 0.636. The second-order valence-electron chi connectivity index (χ2n) is 4.20. The zero-order chi connectivity index (χ0) is 12.3. The zero-order valence-electron chi connectivity index (χ0n) is 9.87. The summed E-state index contributed by atoms with van der Waals surface area (Å²) in [4.78, 5) is 17.2. The van der Waals surface area contributed by atoms with Crippen LogP contribution in [-0.2, 0) is 23.0 Å². The van der Waals surface area contributed by atoms with Gasteiger partial charge in [-0.25, -0.2) is 9.78 Å². The third-order valence-electron chi connectivity index (χ3n) is 3.00. The van der Waals surface area contributed by atoms with Crippen molar-refractivity contribution < 1.29 is 14.6 Å². The van der Waals surface area contributed by atoms with E-state index in [-0.39, 0.29) is 0 Å². The lowest BCUT2D eigenvalue weighted by Gasteiger charge is -2.30. The van der Waals surface area contributed by atoms with Crippen LogP contribution in [0.5, 0.6) is 0 Å². The molecule has 1 aromatic rings. The summed E-state index contributed by atoms with van der Waals surface area (Å²) in [5.74, 6) is 0.134. The van der Waals surface area contributed by atoms with Gasteiger partial charge in [0.25, 0.3) is 0 Å². The van der Waals surface area contributed by atoms with Crippen molar-refractivity contribution >= 4 is 5.97 Å². The summed E-state index contributed by atoms with van der Waals surface area (Å²) in [5, 5.41) is 8.88. The van der Waals surface area contributed by atoms with Gasteiger partial charge in [0.1, 0.15) is 5.82 Å². The summed E-state index contributed by atoms with van der Waals surface area (Å²) < 4.78 is 7.15. The fourth-order valence-electron chi connectivity index (χ4n) is 1.95. The molecule has 6 nitrogen and oxygen atoms in total. The number of nitrogens with zero attached hydrogens (tertiary/aromatic N) is 3. The van der Waals surface area contributed by atoms with Crippen molar-refractivity contribution in [1.82, 2.24) is 14.5 Å². The molecule has 1 unspecified atom stereocenters. The molecular formula is C11H17N3O3. The summed E-state index contributed by atoms with van der Waals surface area (Å²) in [6, 6.07) is 0. The topological polar surface area (TPSA) is 67.6 Å². The molecule has 0 bridgehead atoms. The second-order valence-corrected chi connectivity index (χ2v) is 4.20. The molecule has 1 fully saturated rings. The fourth-order valence-corrected chi connectivity index (χ4v) is 1.95. The molecule has 2 heterocycles. The van der Waals surface area contributed by atoms with Crippen molar-refractivity contribution in [2.75, 3.05) is 26.2 Å². The Kier molecular flexibility index (Phi) is 3.75. The van der Waals surface area contributed by atoms with Crippen LogP contribution >= 0.6 is 0 Å². The molecule has 0 aromatic carbocycles. The van der Waals surface area contributed by atoms with Gasteiger partial charge in [0.15, 0.2) is 6.10 Å². The largest absolute Gasteiger partial charge is 0.479 e. The van der Waals surface area contributed by atoms with Crippen LogP contribution < -0.4 is 0 Å². The summed E-state index contributed by atoms with van der Waals surface area (Å²) >= 11 is 0. The van der Waals surface area contributed by atoms with Crippen LogP contribution in [0.25, 0.3) is 0 Å². The number of carbonyl (C=O) groups is 1. The van der Waals surface area contributed by atoms with Crippen LogP contribution in [0.2, 0.25) is 0 Å². The predicted octanol–water partition coefficient (Wildman–Crippen LogP) is -0.252. The number of carboxylic acid groups (broad SMARTS) is 1. The minimum absolute atomic E-state index is 0.458. The summed E-state index contributed by atoms with van der Waals surface area (Å²) in [7, 11) is 1.96. The summed E-state index contributed by atoms with van der Waals surface area (Å²) in [6.07, 6.45) is 3.82. The van der Waals surface area contributed by atoms with Gasteiger partial charge in [0.2, 0.25) is 0 Å². The Hall–Kier alpha value is -1.40. The van der Waals surface area contributed by atoms with E-state index in [0.717, 1.165) is 25.3 Å². The zero-order valence-corrected chi connectivity index (χ0v) is 9.87. The molecule has 6 heteroatoms. The van der Waals surface area contributed by atoms with E-state index in [9.17, 15) is 4.79 Å². The number of rotatable bonds is 4. The van der Waals surface area contributed by atoms with Gasteiger partial charge in [-0.05, 0) is 0 Å². The number of aromatic nitrogens is 2. The Morgan fingerprint density at radius 2 is 2.53 bits per heavy atom. The monoisotopic (exact) mass is 239 g/mol. The summed E-state index contributed by atoms with van der Waals surface area (Å²) in [5.41, 5.74) is 0. The van der Waals surface area contributed by atoms with Crippen LogP contribution in [0.1, 0.15) is 5.82 Å². The minimum Gasteiger partial charge on any atom is -0.479 e. The maximum atomic E-state index is 10.8. The van der Waals surface area contributed by atoms with Gasteiger partial charge in [-0.3, -0.25) is 4.90 Å². The number of carboxylic acids is 1. The van der Waals surface area contributed by atoms with E-state index in [1.165, 1.54) is 0 Å². The van der Waals surface area contributed by atoms with Crippen LogP contribution in [0, 0.1) is 0 Å². The van der Waals surface area contributed by atoms with Crippen LogP contribution in [0.3, 0.4) is 0 Å². The number of hydrogen-bond acceptors (Lipinski definition) is 4. The average molecular weight is 239 g/mol. The highest BCUT2D eigenvalue weighted by Gasteiger charge is 2.25. The number of morpholine rings is 1. The molecule has 1 saturated heterocycles. The normalized spacial score (nSPS) is 21.6. The standard InChI is InChI=1S/C11H17N3O3/c1-13-5-3-12-10(13)2-4-14-6-7-17-9(8-14)11(15)16/h3,5,9H,2,4,6-8H2,1H3,(H,15,16). The number of aryl methyl sites for hydroxylation is 1. The maximum absolute atomic E-state index is 10.8. The van der Waals surface area contributed by atoms with Crippen molar-refractivity contribution in [3.63, 3.8) is 0 Å². The van der Waals surface area contributed by atoms with Crippen molar-refractivity contribution in [3.05, 3.63) is 18.2 Å². The van der Waals surface area contributed by atoms with Crippen molar-refractivity contribution in [2.24, 2.45) is 7.05 Å². The molecule has 2 rings (SSSR count). The first kappa shape index (κ1) is 12.1. The third-order valence-corrected chi connectivity index (χ3v) is 3.00. The number of hydrogen-bond donors (Lipinski definition) is 1. The molecule has 17 heavy (non-hydrogen) atoms. The van der Waals surface area contributed by atoms with Crippen molar-refractivity contribution in [2.45, 2.75) is 12.5 Å². The van der Waals surface area contributed by atoms with E-state index in [1.807, 2.05) is 17.8 Å². The predicted molar refractivity (Wildman–Crippen MR) is 60.7 cm³/mol. The lowest BCUT2D eigenvalue weighted by molar-refractivity contribution is -0.155. The Morgan fingerprint density at radius 1 is 1.71 bits per heavy atom. The number of aliphatic carboxylic acids is 1. The highest BCUT2D eigenvalue weighted by molar-refractivity contribution is 5.72. The van der Waals surface area contributed by atoms with Gasteiger partial charge in [-0.1, -0.05) is 0 Å². The van der Waals surface area contributed by atoms with Crippen LogP contribution in [0.15, 0.2) is 12.4 Å². The quantitative estimate of drug-likeness (QED) is 0.784. The first-order valence-electron chi connectivity index (χ1n) is 5.70. The smallest absolute Gasteiger partial charge is 0.334 e. The van der Waals surface area contributed by atoms with E-state index >= 15 is 0 Å². The second kappa shape index (κ2) is 5.29. The summed E-state index contributed by atoms with van der Waals surface area (Å²) in [6.45, 7) is 2.55. The molecule has 0 radical (unpaired) electrons. The van der Waals surface area contributed by atoms with E-state index in [0.29, 0.717) is 13.2 Å². The first-order valence-corrected chi connectivity index (χ1v) is 5.70. The highest BCUT2D eigenvalue weighted by Crippen LogP contribution is 2.06. The lowest BCUT2D eigenvalue weighted by Crippen LogP contribution is -2.46. The van der Waals surface area contributed by atoms with Crippen LogP contribution in [0.4, 0.5) is 0 Å². The van der Waals surface area contributed by atoms with Crippen molar-refractivity contribution in [3.8, 4) is 0 Å². The van der Waals surface area contributed by atoms with Crippen molar-refractivity contribution in [1.29, 1.82) is 0 Å². The SMILES string of the molecule is Cn1ccnc1CCN1CCOC(C(=O)O)C1. The molecule has 0 spiro atoms. The Labute approximate surface area is 99.8 Å². The van der Waals surface area contributed by atoms with Gasteiger partial charge in [0.05, 0.1) is 6.61 Å². The maximum Gasteiger partial charge on any atom is 0.334 e. The first-order chi connectivity index (χ1) is 8.16. The van der Waals surface area contributed by atoms with Gasteiger partial charge >= 0.3 is 5.97 Å². The van der Waals surface area contributed by atoms with Crippen LogP contribution in [-0.4, -0.2) is 57.9 Å². The Bertz CT molecular complexity index is 391. The number of imidazole rings is 1. The molecule has 0 amide bonds. The number of ether oxygens (including phenoxy) is 1. The molecule has 0 saturated carbocycles. The third kappa shape index (κ3) is 3.04. The molecule has 94 valence electrons. The lowest BCUT2D eigenvalue weighted by atomic mass is 10.2. The molecule has 1 atom stereocenters. The highest BCUT2D eigenvalue weighted by atomic mass is 16.5. The molecule has 1 aliphatic heterocycles. The van der Waals surface area contributed by atoms with Gasteiger partial charge < -0.3 is 14.4 Å². The molecular weight excluding hydrogens is 222 g/mol. The van der Waals surface area contributed by atoms with Gasteiger partial charge in [0, 0.05) is 45.5 Å². The van der Waals surface area contributed by atoms with E-state index in [1.54, 1.807) is 6.20 Å². The van der Waals surface area contributed by atoms with E-state index in [2.05, 4.69) is 9.88 Å². The van der Waals surface area contributed by atoms with E-state index in [4.69, 9.17) is 9.84 Å². The van der Waals surface area contributed by atoms with E-state index < -0.39 is 12.1 Å².